The zero-order valence-corrected chi connectivity index (χ0v) is 13.0. The molecule has 0 aromatic carbocycles. The molecule has 1 aliphatic heterocycles. The largest absolute Gasteiger partial charge is 0.395 e. The minimum absolute atomic E-state index is 0.194. The van der Waals surface area contributed by atoms with Crippen LogP contribution in [0.15, 0.2) is 0 Å². The first-order chi connectivity index (χ1) is 9.16. The molecular formula is C11H21N5O3S. The van der Waals surface area contributed by atoms with Crippen molar-refractivity contribution in [2.24, 2.45) is 0 Å². The summed E-state index contributed by atoms with van der Waals surface area (Å²) in [5.74, 6) is 0.527. The normalized spacial score (nSPS) is 25.2. The molecule has 0 saturated carbocycles. The average Bonchev–Trinajstić information content (AvgIpc) is 2.92. The molecule has 0 spiro atoms. The van der Waals surface area contributed by atoms with Crippen LogP contribution >= 0.6 is 0 Å². The molecule has 0 aliphatic carbocycles. The lowest BCUT2D eigenvalue weighted by Crippen LogP contribution is -2.40. The zero-order valence-electron chi connectivity index (χ0n) is 12.2. The standard InChI is InChI=1S/C11H21N5O3S/c1-11(2,3)16-10(12-13-14-16)9-6-5-8(7-17)15(9)20(4,18)19/h8-9,17H,5-7H2,1-4H3/t8-,9+/m0/s1. The third kappa shape index (κ3) is 2.70. The zero-order chi connectivity index (χ0) is 15.1. The Kier molecular flexibility index (Phi) is 3.87. The Bertz CT molecular complexity index is 577. The van der Waals surface area contributed by atoms with Crippen LogP contribution in [0.2, 0.25) is 0 Å². The van der Waals surface area contributed by atoms with E-state index >= 15 is 0 Å². The summed E-state index contributed by atoms with van der Waals surface area (Å²) in [6.07, 6.45) is 2.36. The lowest BCUT2D eigenvalue weighted by molar-refractivity contribution is 0.191. The van der Waals surface area contributed by atoms with Gasteiger partial charge in [-0.3, -0.25) is 0 Å². The number of hydrogen-bond acceptors (Lipinski definition) is 6. The Hall–Kier alpha value is -1.06. The lowest BCUT2D eigenvalue weighted by Gasteiger charge is -2.28. The molecule has 1 aromatic heterocycles. The smallest absolute Gasteiger partial charge is 0.212 e. The highest BCUT2D eigenvalue weighted by molar-refractivity contribution is 7.88. The first kappa shape index (κ1) is 15.3. The minimum Gasteiger partial charge on any atom is -0.395 e. The molecule has 1 saturated heterocycles. The summed E-state index contributed by atoms with van der Waals surface area (Å²) in [6.45, 7) is 5.67. The van der Waals surface area contributed by atoms with Crippen molar-refractivity contribution in [1.82, 2.24) is 24.5 Å². The van der Waals surface area contributed by atoms with E-state index in [1.54, 1.807) is 4.68 Å². The summed E-state index contributed by atoms with van der Waals surface area (Å²) in [7, 11) is -3.44. The van der Waals surface area contributed by atoms with E-state index in [0.29, 0.717) is 18.7 Å². The van der Waals surface area contributed by atoms with Gasteiger partial charge in [0, 0.05) is 6.04 Å². The van der Waals surface area contributed by atoms with Crippen molar-refractivity contribution in [2.45, 2.75) is 51.2 Å². The van der Waals surface area contributed by atoms with Gasteiger partial charge in [-0.2, -0.15) is 4.31 Å². The molecule has 1 fully saturated rings. The van der Waals surface area contributed by atoms with Gasteiger partial charge in [0.2, 0.25) is 10.0 Å². The molecule has 8 nitrogen and oxygen atoms in total. The number of tetrazole rings is 1. The fourth-order valence-corrected chi connectivity index (χ4v) is 4.03. The summed E-state index contributed by atoms with van der Waals surface area (Å²) in [5.41, 5.74) is -0.334. The van der Waals surface area contributed by atoms with Crippen LogP contribution in [0.5, 0.6) is 0 Å². The Balaban J connectivity index is 2.45. The maximum absolute atomic E-state index is 12.0. The number of sulfonamides is 1. The van der Waals surface area contributed by atoms with E-state index in [2.05, 4.69) is 15.5 Å². The number of hydrogen-bond donors (Lipinski definition) is 1. The molecule has 0 unspecified atom stereocenters. The molecule has 9 heteroatoms. The second kappa shape index (κ2) is 5.05. The average molecular weight is 303 g/mol. The predicted molar refractivity (Wildman–Crippen MR) is 72.3 cm³/mol. The van der Waals surface area contributed by atoms with Gasteiger partial charge in [-0.15, -0.1) is 5.10 Å². The number of nitrogens with zero attached hydrogens (tertiary/aromatic N) is 5. The van der Waals surface area contributed by atoms with Crippen molar-refractivity contribution in [2.75, 3.05) is 12.9 Å². The van der Waals surface area contributed by atoms with Gasteiger partial charge in [0.25, 0.3) is 0 Å². The highest BCUT2D eigenvalue weighted by Crippen LogP contribution is 2.37. The minimum atomic E-state index is -3.44. The Morgan fingerprint density at radius 3 is 2.50 bits per heavy atom. The third-order valence-electron chi connectivity index (χ3n) is 3.46. The lowest BCUT2D eigenvalue weighted by atomic mass is 10.1. The number of aliphatic hydroxyl groups excluding tert-OH is 1. The van der Waals surface area contributed by atoms with Crippen LogP contribution in [-0.4, -0.2) is 56.9 Å². The topological polar surface area (TPSA) is 101 Å². The van der Waals surface area contributed by atoms with Crippen LogP contribution in [-0.2, 0) is 15.6 Å². The van der Waals surface area contributed by atoms with Crippen LogP contribution in [0.3, 0.4) is 0 Å². The van der Waals surface area contributed by atoms with E-state index in [0.717, 1.165) is 6.26 Å². The van der Waals surface area contributed by atoms with Crippen LogP contribution in [0.1, 0.15) is 45.5 Å². The van der Waals surface area contributed by atoms with Gasteiger partial charge in [-0.1, -0.05) is 0 Å². The number of aliphatic hydroxyl groups is 1. The monoisotopic (exact) mass is 303 g/mol. The van der Waals surface area contributed by atoms with Gasteiger partial charge < -0.3 is 5.11 Å². The van der Waals surface area contributed by atoms with E-state index in [-0.39, 0.29) is 12.1 Å². The first-order valence-corrected chi connectivity index (χ1v) is 8.39. The number of aromatic nitrogens is 4. The van der Waals surface area contributed by atoms with Crippen molar-refractivity contribution < 1.29 is 13.5 Å². The molecule has 2 heterocycles. The van der Waals surface area contributed by atoms with Crippen LogP contribution < -0.4 is 0 Å². The van der Waals surface area contributed by atoms with Gasteiger partial charge in [-0.25, -0.2) is 13.1 Å². The molecule has 0 radical (unpaired) electrons. The summed E-state index contributed by atoms with van der Waals surface area (Å²) in [4.78, 5) is 0. The van der Waals surface area contributed by atoms with E-state index in [9.17, 15) is 13.5 Å². The summed E-state index contributed by atoms with van der Waals surface area (Å²) in [6, 6.07) is -0.823. The summed E-state index contributed by atoms with van der Waals surface area (Å²) >= 11 is 0. The van der Waals surface area contributed by atoms with E-state index in [1.807, 2.05) is 20.8 Å². The maximum atomic E-state index is 12.0. The third-order valence-corrected chi connectivity index (χ3v) is 4.78. The second-order valence-corrected chi connectivity index (χ2v) is 8.03. The summed E-state index contributed by atoms with van der Waals surface area (Å²) < 4.78 is 27.0. The first-order valence-electron chi connectivity index (χ1n) is 6.54. The molecule has 0 bridgehead atoms. The van der Waals surface area contributed by atoms with E-state index < -0.39 is 22.1 Å². The van der Waals surface area contributed by atoms with Gasteiger partial charge in [0.05, 0.1) is 24.4 Å². The molecule has 1 aliphatic rings. The van der Waals surface area contributed by atoms with E-state index in [4.69, 9.17) is 0 Å². The van der Waals surface area contributed by atoms with Crippen LogP contribution in [0, 0.1) is 0 Å². The Labute approximate surface area is 118 Å². The molecule has 2 atom stereocenters. The molecule has 114 valence electrons. The maximum Gasteiger partial charge on any atom is 0.212 e. The molecular weight excluding hydrogens is 282 g/mol. The van der Waals surface area contributed by atoms with Crippen LogP contribution in [0.25, 0.3) is 0 Å². The number of rotatable bonds is 3. The molecule has 20 heavy (non-hydrogen) atoms. The van der Waals surface area contributed by atoms with Crippen LogP contribution in [0.4, 0.5) is 0 Å². The summed E-state index contributed by atoms with van der Waals surface area (Å²) in [5, 5.41) is 21.0. The fourth-order valence-electron chi connectivity index (χ4n) is 2.66. The highest BCUT2D eigenvalue weighted by atomic mass is 32.2. The quantitative estimate of drug-likeness (QED) is 0.835. The highest BCUT2D eigenvalue weighted by Gasteiger charge is 2.43. The van der Waals surface area contributed by atoms with Crippen molar-refractivity contribution in [3.05, 3.63) is 5.82 Å². The van der Waals surface area contributed by atoms with Gasteiger partial charge in [0.1, 0.15) is 0 Å². The molecule has 0 amide bonds. The molecule has 1 aromatic rings. The van der Waals surface area contributed by atoms with Crippen molar-refractivity contribution in [1.29, 1.82) is 0 Å². The van der Waals surface area contributed by atoms with Crippen molar-refractivity contribution in [3.63, 3.8) is 0 Å². The molecule has 2 rings (SSSR count). The van der Waals surface area contributed by atoms with E-state index in [1.165, 1.54) is 4.31 Å². The Morgan fingerprint density at radius 2 is 2.00 bits per heavy atom. The van der Waals surface area contributed by atoms with Gasteiger partial charge in [-0.05, 0) is 44.0 Å². The second-order valence-electron chi connectivity index (χ2n) is 6.14. The SMILES string of the molecule is CC(C)(C)n1nnnc1[C@H]1CC[C@@H](CO)N1S(C)(=O)=O. The Morgan fingerprint density at radius 1 is 1.35 bits per heavy atom. The van der Waals surface area contributed by atoms with Gasteiger partial charge in [0.15, 0.2) is 5.82 Å². The predicted octanol–water partition coefficient (Wildman–Crippen LogP) is -0.114. The molecule has 1 N–H and O–H groups in total. The van der Waals surface area contributed by atoms with Gasteiger partial charge >= 0.3 is 0 Å². The fraction of sp³-hybridized carbons (Fsp3) is 0.909. The van der Waals surface area contributed by atoms with Crippen molar-refractivity contribution in [3.8, 4) is 0 Å². The van der Waals surface area contributed by atoms with Crippen molar-refractivity contribution >= 4 is 10.0 Å².